The molecule has 2 saturated heterocycles. The molecular formula is C26H33N3O3S2. The number of amides is 1. The van der Waals surface area contributed by atoms with Gasteiger partial charge in [0.05, 0.1) is 33.9 Å². The highest BCUT2D eigenvalue weighted by atomic mass is 32.2. The van der Waals surface area contributed by atoms with Crippen molar-refractivity contribution in [3.63, 3.8) is 0 Å². The highest BCUT2D eigenvalue weighted by Gasteiger charge is 2.33. The molecule has 0 spiro atoms. The number of aryl methyl sites for hydroxylation is 1. The number of nitrogens with zero attached hydrogens (tertiary/aromatic N) is 3. The van der Waals surface area contributed by atoms with Crippen molar-refractivity contribution in [3.8, 4) is 0 Å². The Bertz CT molecular complexity index is 1180. The van der Waals surface area contributed by atoms with Gasteiger partial charge in [0.1, 0.15) is 4.32 Å². The number of benzene rings is 1. The summed E-state index contributed by atoms with van der Waals surface area (Å²) in [7, 11) is 0. The van der Waals surface area contributed by atoms with Crippen LogP contribution in [0.3, 0.4) is 0 Å². The lowest BCUT2D eigenvalue weighted by Crippen LogP contribution is -2.46. The first-order valence-electron chi connectivity index (χ1n) is 12.2. The molecule has 8 heteroatoms. The minimum atomic E-state index is -0.101. The molecule has 2 aliphatic rings. The van der Waals surface area contributed by atoms with E-state index in [0.29, 0.717) is 41.0 Å². The minimum Gasteiger partial charge on any atom is -0.372 e. The van der Waals surface area contributed by atoms with Crippen LogP contribution in [0.5, 0.6) is 0 Å². The molecule has 4 rings (SSSR count). The topological polar surface area (TPSA) is 54.8 Å². The lowest BCUT2D eigenvalue weighted by molar-refractivity contribution is -0.122. The number of rotatable bonds is 7. The van der Waals surface area contributed by atoms with Gasteiger partial charge in [-0.3, -0.25) is 14.5 Å². The number of aromatic nitrogens is 1. The van der Waals surface area contributed by atoms with Crippen LogP contribution in [0.1, 0.15) is 52.5 Å². The quantitative estimate of drug-likeness (QED) is 0.303. The maximum Gasteiger partial charge on any atom is 0.266 e. The van der Waals surface area contributed by atoms with E-state index in [1.54, 1.807) is 15.5 Å². The van der Waals surface area contributed by atoms with E-state index >= 15 is 0 Å². The number of anilines is 1. The van der Waals surface area contributed by atoms with Gasteiger partial charge in [-0.05, 0) is 39.3 Å². The van der Waals surface area contributed by atoms with Crippen molar-refractivity contribution >= 4 is 56.9 Å². The van der Waals surface area contributed by atoms with Gasteiger partial charge in [0.2, 0.25) is 0 Å². The average Bonchev–Trinajstić information content (AvgIpc) is 3.06. The molecule has 2 atom stereocenters. The van der Waals surface area contributed by atoms with Gasteiger partial charge < -0.3 is 14.2 Å². The molecule has 2 aliphatic heterocycles. The number of ether oxygens (including phenoxy) is 1. The molecule has 2 unspecified atom stereocenters. The summed E-state index contributed by atoms with van der Waals surface area (Å²) >= 11 is 6.82. The van der Waals surface area contributed by atoms with Gasteiger partial charge >= 0.3 is 0 Å². The first-order valence-corrected chi connectivity index (χ1v) is 13.4. The number of thiocarbonyl (C=S) groups is 1. The Morgan fingerprint density at radius 3 is 2.50 bits per heavy atom. The molecule has 2 fully saturated rings. The summed E-state index contributed by atoms with van der Waals surface area (Å²) in [4.78, 5) is 31.5. The van der Waals surface area contributed by atoms with Crippen molar-refractivity contribution in [2.24, 2.45) is 0 Å². The number of carbonyl (C=O) groups is 1. The second-order valence-electron chi connectivity index (χ2n) is 9.03. The number of morpholine rings is 1. The zero-order valence-corrected chi connectivity index (χ0v) is 22.0. The van der Waals surface area contributed by atoms with Crippen LogP contribution in [-0.2, 0) is 16.1 Å². The molecule has 1 amide bonds. The molecule has 1 aromatic heterocycles. The average molecular weight is 500 g/mol. The molecule has 6 nitrogen and oxygen atoms in total. The van der Waals surface area contributed by atoms with Gasteiger partial charge in [0.25, 0.3) is 11.5 Å². The number of carbonyl (C=O) groups excluding carboxylic acids is 1. The summed E-state index contributed by atoms with van der Waals surface area (Å²) in [6, 6.07) is 8.02. The van der Waals surface area contributed by atoms with Gasteiger partial charge in [-0.1, -0.05) is 61.9 Å². The van der Waals surface area contributed by atoms with Crippen molar-refractivity contribution in [1.82, 2.24) is 9.47 Å². The zero-order chi connectivity index (χ0) is 24.4. The molecule has 182 valence electrons. The fourth-order valence-corrected chi connectivity index (χ4v) is 6.19. The number of hydrogen-bond acceptors (Lipinski definition) is 6. The number of unbranched alkanes of at least 4 members (excludes halogenated alkanes) is 2. The lowest BCUT2D eigenvalue weighted by atomic mass is 10.0. The Morgan fingerprint density at radius 1 is 1.12 bits per heavy atom. The van der Waals surface area contributed by atoms with Crippen LogP contribution in [0.2, 0.25) is 0 Å². The molecule has 34 heavy (non-hydrogen) atoms. The molecule has 2 aromatic rings. The first kappa shape index (κ1) is 24.9. The van der Waals surface area contributed by atoms with E-state index in [0.717, 1.165) is 35.9 Å². The SMILES string of the molecule is CCCCCN1C(=O)C(=Cc2c(N3CC(C)OC(C)C3)c3ccccc3n(CC)c2=O)SC1=S. The van der Waals surface area contributed by atoms with Gasteiger partial charge in [-0.2, -0.15) is 0 Å². The number of fused-ring (bicyclic) bond motifs is 1. The molecule has 3 heterocycles. The van der Waals surface area contributed by atoms with E-state index in [4.69, 9.17) is 17.0 Å². The Morgan fingerprint density at radius 2 is 1.82 bits per heavy atom. The maximum absolute atomic E-state index is 13.8. The predicted molar refractivity (Wildman–Crippen MR) is 146 cm³/mol. The van der Waals surface area contributed by atoms with Crippen LogP contribution < -0.4 is 10.5 Å². The summed E-state index contributed by atoms with van der Waals surface area (Å²) in [5, 5.41) is 1.01. The third kappa shape index (κ3) is 4.81. The molecule has 1 aromatic carbocycles. The Balaban J connectivity index is 1.87. The summed E-state index contributed by atoms with van der Waals surface area (Å²) in [6.45, 7) is 10.8. The molecule has 0 radical (unpaired) electrons. The van der Waals surface area contributed by atoms with Crippen molar-refractivity contribution in [3.05, 3.63) is 45.1 Å². The monoisotopic (exact) mass is 499 g/mol. The van der Waals surface area contributed by atoms with E-state index in [9.17, 15) is 9.59 Å². The number of pyridine rings is 1. The number of hydrogen-bond donors (Lipinski definition) is 0. The number of para-hydroxylation sites is 1. The normalized spacial score (nSPS) is 22.4. The Kier molecular flexibility index (Phi) is 7.80. The van der Waals surface area contributed by atoms with Crippen LogP contribution in [-0.4, -0.2) is 51.5 Å². The molecule has 0 saturated carbocycles. The van der Waals surface area contributed by atoms with Gasteiger partial charge in [-0.15, -0.1) is 0 Å². The molecule has 0 aliphatic carbocycles. The second-order valence-corrected chi connectivity index (χ2v) is 10.7. The largest absolute Gasteiger partial charge is 0.372 e. The van der Waals surface area contributed by atoms with Gasteiger partial charge in [-0.25, -0.2) is 0 Å². The van der Waals surface area contributed by atoms with E-state index in [1.165, 1.54) is 11.8 Å². The summed E-state index contributed by atoms with van der Waals surface area (Å²) < 4.78 is 8.33. The van der Waals surface area contributed by atoms with Gasteiger partial charge in [0, 0.05) is 31.6 Å². The third-order valence-electron chi connectivity index (χ3n) is 6.37. The summed E-state index contributed by atoms with van der Waals surface area (Å²) in [6.07, 6.45) is 4.92. The van der Waals surface area contributed by atoms with Crippen LogP contribution in [0.15, 0.2) is 34.0 Å². The predicted octanol–water partition coefficient (Wildman–Crippen LogP) is 5.03. The smallest absolute Gasteiger partial charge is 0.266 e. The van der Waals surface area contributed by atoms with Crippen molar-refractivity contribution in [2.75, 3.05) is 24.5 Å². The van der Waals surface area contributed by atoms with Crippen molar-refractivity contribution in [2.45, 2.75) is 65.7 Å². The zero-order valence-electron chi connectivity index (χ0n) is 20.4. The fraction of sp³-hybridized carbons (Fsp3) is 0.500. The first-order chi connectivity index (χ1) is 16.3. The molecule has 0 bridgehead atoms. The second kappa shape index (κ2) is 10.6. The summed E-state index contributed by atoms with van der Waals surface area (Å²) in [5.74, 6) is -0.101. The number of thioether (sulfide) groups is 1. The fourth-order valence-electron chi connectivity index (χ4n) is 4.90. The van der Waals surface area contributed by atoms with Crippen molar-refractivity contribution in [1.29, 1.82) is 0 Å². The standard InChI is InChI=1S/C26H33N3O3S2/c1-5-7-10-13-29-25(31)22(34-26(29)33)14-20-23(27-15-17(3)32-18(4)16-27)19-11-8-9-12-21(19)28(6-2)24(20)30/h8-9,11-12,14,17-18H,5-7,10,13,15-16H2,1-4H3. The van der Waals surface area contributed by atoms with Crippen LogP contribution in [0, 0.1) is 0 Å². The molecular weight excluding hydrogens is 466 g/mol. The van der Waals surface area contributed by atoms with Crippen LogP contribution in [0.4, 0.5) is 5.69 Å². The van der Waals surface area contributed by atoms with E-state index in [1.807, 2.05) is 25.1 Å². The van der Waals surface area contributed by atoms with Crippen LogP contribution >= 0.6 is 24.0 Å². The van der Waals surface area contributed by atoms with E-state index in [2.05, 4.69) is 31.7 Å². The van der Waals surface area contributed by atoms with Crippen LogP contribution in [0.25, 0.3) is 17.0 Å². The highest BCUT2D eigenvalue weighted by Crippen LogP contribution is 2.37. The maximum atomic E-state index is 13.8. The minimum absolute atomic E-state index is 0.0424. The Hall–Kier alpha value is -2.16. The van der Waals surface area contributed by atoms with Crippen molar-refractivity contribution < 1.29 is 9.53 Å². The van der Waals surface area contributed by atoms with E-state index in [-0.39, 0.29) is 23.7 Å². The van der Waals surface area contributed by atoms with E-state index < -0.39 is 0 Å². The third-order valence-corrected chi connectivity index (χ3v) is 7.74. The van der Waals surface area contributed by atoms with Gasteiger partial charge in [0.15, 0.2) is 0 Å². The Labute approximate surface area is 210 Å². The molecule has 0 N–H and O–H groups in total. The summed E-state index contributed by atoms with van der Waals surface area (Å²) in [5.41, 5.74) is 2.25. The highest BCUT2D eigenvalue weighted by molar-refractivity contribution is 8.26. The lowest BCUT2D eigenvalue weighted by Gasteiger charge is -2.38.